The first-order valence-electron chi connectivity index (χ1n) is 2.00. The van der Waals surface area contributed by atoms with Crippen LogP contribution in [-0.2, 0) is 0 Å². The van der Waals surface area contributed by atoms with Crippen LogP contribution in [0.25, 0.3) is 0 Å². The van der Waals surface area contributed by atoms with Crippen molar-refractivity contribution < 1.29 is 0 Å². The first kappa shape index (κ1) is 10.2. The summed E-state index contributed by atoms with van der Waals surface area (Å²) in [5.74, 6) is 0. The van der Waals surface area contributed by atoms with Gasteiger partial charge in [0.05, 0.1) is 0 Å². The van der Waals surface area contributed by atoms with E-state index in [2.05, 4.69) is 0 Å². The second kappa shape index (κ2) is 6.18. The molecule has 0 saturated heterocycles. The van der Waals surface area contributed by atoms with Crippen molar-refractivity contribution in [2.24, 2.45) is 0 Å². The topological polar surface area (TPSA) is 35.0 Å². The Kier molecular flexibility index (Phi) is 7.89. The van der Waals surface area contributed by atoms with Crippen molar-refractivity contribution in [1.82, 2.24) is 6.15 Å². The minimum absolute atomic E-state index is 0. The first-order chi connectivity index (χ1) is 3.00. The molecule has 1 heteroatoms. The van der Waals surface area contributed by atoms with Gasteiger partial charge < -0.3 is 6.15 Å². The van der Waals surface area contributed by atoms with E-state index < -0.39 is 0 Å². The van der Waals surface area contributed by atoms with Gasteiger partial charge in [-0.2, -0.15) is 0 Å². The van der Waals surface area contributed by atoms with E-state index in [4.69, 9.17) is 0 Å². The van der Waals surface area contributed by atoms with E-state index >= 15 is 0 Å². The fourth-order valence-corrected chi connectivity index (χ4v) is 0.385. The molecule has 0 unspecified atom stereocenters. The Morgan fingerprint density at radius 3 is 0.750 bits per heavy atom. The Morgan fingerprint density at radius 1 is 0.500 bits per heavy atom. The summed E-state index contributed by atoms with van der Waals surface area (Å²) in [6.07, 6.45) is 0. The summed E-state index contributed by atoms with van der Waals surface area (Å²) in [5, 5.41) is 0. The summed E-state index contributed by atoms with van der Waals surface area (Å²) in [7, 11) is 0. The van der Waals surface area contributed by atoms with Gasteiger partial charge in [-0.05, 0) is 0 Å². The Hall–Kier alpha value is -0.820. The molecule has 0 atom stereocenters. The fourth-order valence-electron chi connectivity index (χ4n) is 0.385. The van der Waals surface area contributed by atoms with Crippen molar-refractivity contribution in [3.05, 3.63) is 36.4 Å². The molecular weight excluding hydrogens is 98.1 g/mol. The van der Waals surface area contributed by atoms with E-state index in [0.717, 1.165) is 0 Å². The van der Waals surface area contributed by atoms with E-state index in [1.165, 1.54) is 0 Å². The minimum Gasteiger partial charge on any atom is -0.344 e. The van der Waals surface area contributed by atoms with Crippen molar-refractivity contribution in [2.45, 2.75) is 7.43 Å². The van der Waals surface area contributed by atoms with Gasteiger partial charge in [-0.25, -0.2) is 0 Å². The highest BCUT2D eigenvalue weighted by Crippen LogP contribution is 1.79. The zero-order valence-electron chi connectivity index (χ0n) is 4.17. The van der Waals surface area contributed by atoms with E-state index in [1.54, 1.807) is 0 Å². The summed E-state index contributed by atoms with van der Waals surface area (Å²) in [6, 6.07) is 12.0. The van der Waals surface area contributed by atoms with E-state index in [1.807, 2.05) is 36.4 Å². The maximum Gasteiger partial charge on any atom is -0.0623 e. The van der Waals surface area contributed by atoms with E-state index in [9.17, 15) is 0 Å². The second-order valence-electron chi connectivity index (χ2n) is 1.15. The predicted molar refractivity (Wildman–Crippen MR) is 38.2 cm³/mol. The van der Waals surface area contributed by atoms with Gasteiger partial charge in [-0.1, -0.05) is 43.8 Å². The minimum atomic E-state index is 0. The molecule has 0 spiro atoms. The Labute approximate surface area is 50.9 Å². The molecule has 1 nitrogen and oxygen atoms in total. The van der Waals surface area contributed by atoms with Crippen LogP contribution in [0.1, 0.15) is 7.43 Å². The highest BCUT2D eigenvalue weighted by Gasteiger charge is 1.57. The van der Waals surface area contributed by atoms with Gasteiger partial charge in [-0.3, -0.25) is 0 Å². The molecular formula is C7H13N. The lowest BCUT2D eigenvalue weighted by Gasteiger charge is -1.69. The summed E-state index contributed by atoms with van der Waals surface area (Å²) in [6.45, 7) is 0. The van der Waals surface area contributed by atoms with Crippen molar-refractivity contribution in [2.75, 3.05) is 0 Å². The molecule has 3 N–H and O–H groups in total. The molecule has 0 saturated carbocycles. The zero-order chi connectivity index (χ0) is 4.24. The van der Waals surface area contributed by atoms with Crippen LogP contribution < -0.4 is 6.15 Å². The molecule has 0 aliphatic heterocycles. The number of benzene rings is 1. The molecule has 0 heterocycles. The van der Waals surface area contributed by atoms with Crippen LogP contribution in [0.2, 0.25) is 0 Å². The van der Waals surface area contributed by atoms with Crippen LogP contribution in [0.3, 0.4) is 0 Å². The first-order valence-corrected chi connectivity index (χ1v) is 2.00. The largest absolute Gasteiger partial charge is 0.344 e. The molecule has 0 bridgehead atoms. The monoisotopic (exact) mass is 111 g/mol. The molecule has 8 heavy (non-hydrogen) atoms. The third-order valence-electron chi connectivity index (χ3n) is 0.667. The number of hydrogen-bond donors (Lipinski definition) is 1. The van der Waals surface area contributed by atoms with Crippen molar-refractivity contribution in [3.63, 3.8) is 0 Å². The maximum absolute atomic E-state index is 2.00. The lowest BCUT2D eigenvalue weighted by molar-refractivity contribution is 1.72. The van der Waals surface area contributed by atoms with Crippen LogP contribution >= 0.6 is 0 Å². The molecule has 1 rings (SSSR count). The van der Waals surface area contributed by atoms with Gasteiger partial charge in [0.1, 0.15) is 0 Å². The molecule has 0 fully saturated rings. The lowest BCUT2D eigenvalue weighted by Crippen LogP contribution is -1.47. The van der Waals surface area contributed by atoms with Gasteiger partial charge in [0.2, 0.25) is 0 Å². The molecule has 46 valence electrons. The van der Waals surface area contributed by atoms with E-state index in [-0.39, 0.29) is 13.6 Å². The third-order valence-corrected chi connectivity index (χ3v) is 0.667. The Morgan fingerprint density at radius 2 is 0.625 bits per heavy atom. The van der Waals surface area contributed by atoms with Gasteiger partial charge in [0, 0.05) is 0 Å². The molecule has 0 aromatic heterocycles. The fraction of sp³-hybridized carbons (Fsp3) is 0.143. The molecule has 0 radical (unpaired) electrons. The quantitative estimate of drug-likeness (QED) is 0.548. The highest BCUT2D eigenvalue weighted by molar-refractivity contribution is 4.99. The second-order valence-corrected chi connectivity index (χ2v) is 1.15. The van der Waals surface area contributed by atoms with Crippen LogP contribution in [0.5, 0.6) is 0 Å². The van der Waals surface area contributed by atoms with Crippen molar-refractivity contribution in [1.29, 1.82) is 0 Å². The number of rotatable bonds is 0. The van der Waals surface area contributed by atoms with Gasteiger partial charge >= 0.3 is 0 Å². The molecule has 1 aromatic carbocycles. The average Bonchev–Trinajstić information content (AvgIpc) is 1.72. The standard InChI is InChI=1S/C6H6.CH4.H3N/c1-2-4-6-5-3-1;;/h1-6H;1H4;1H3. The van der Waals surface area contributed by atoms with Crippen LogP contribution in [0.15, 0.2) is 36.4 Å². The van der Waals surface area contributed by atoms with Crippen molar-refractivity contribution in [3.8, 4) is 0 Å². The smallest absolute Gasteiger partial charge is 0.0623 e. The Bertz CT molecular complexity index is 76.3. The molecule has 0 aliphatic carbocycles. The molecule has 1 aromatic rings. The summed E-state index contributed by atoms with van der Waals surface area (Å²) in [5.41, 5.74) is 0. The van der Waals surface area contributed by atoms with Gasteiger partial charge in [-0.15, -0.1) is 0 Å². The van der Waals surface area contributed by atoms with Gasteiger partial charge in [0.15, 0.2) is 0 Å². The molecule has 0 amide bonds. The summed E-state index contributed by atoms with van der Waals surface area (Å²) >= 11 is 0. The maximum atomic E-state index is 2.00. The number of hydrogen-bond acceptors (Lipinski definition) is 1. The zero-order valence-corrected chi connectivity index (χ0v) is 4.17. The van der Waals surface area contributed by atoms with Crippen LogP contribution in [0, 0.1) is 0 Å². The highest BCUT2D eigenvalue weighted by atomic mass is 14.0. The van der Waals surface area contributed by atoms with E-state index in [0.29, 0.717) is 0 Å². The average molecular weight is 111 g/mol. The Balaban J connectivity index is 0. The SMILES string of the molecule is C.N.c1ccccc1. The van der Waals surface area contributed by atoms with Crippen LogP contribution in [-0.4, -0.2) is 0 Å². The van der Waals surface area contributed by atoms with Crippen molar-refractivity contribution >= 4 is 0 Å². The summed E-state index contributed by atoms with van der Waals surface area (Å²) in [4.78, 5) is 0. The lowest BCUT2D eigenvalue weighted by atomic mass is 10.4. The predicted octanol–water partition coefficient (Wildman–Crippen LogP) is 2.48. The van der Waals surface area contributed by atoms with Gasteiger partial charge in [0.25, 0.3) is 0 Å². The normalized spacial score (nSPS) is 6.00. The van der Waals surface area contributed by atoms with Crippen LogP contribution in [0.4, 0.5) is 0 Å². The third kappa shape index (κ3) is 3.37. The molecule has 0 aliphatic rings. The summed E-state index contributed by atoms with van der Waals surface area (Å²) < 4.78 is 0.